The third-order valence-corrected chi connectivity index (χ3v) is 2.37. The molecule has 5 heteroatoms. The Labute approximate surface area is 102 Å². The van der Waals surface area contributed by atoms with Crippen LogP contribution in [-0.4, -0.2) is 25.7 Å². The Morgan fingerprint density at radius 1 is 1.69 bits per heavy atom. The number of rotatable bonds is 4. The highest BCUT2D eigenvalue weighted by atomic mass is 79.9. The standard InChI is InChI=1S/C11H11BrN2O2/c1-16-7-10(6-13)14-11(15)8-3-2-4-9(12)5-8/h2-5,10H,7H2,1H3,(H,14,15). The second-order valence-corrected chi connectivity index (χ2v) is 4.04. The van der Waals surface area contributed by atoms with E-state index in [1.807, 2.05) is 12.1 Å². The van der Waals surface area contributed by atoms with Crippen molar-refractivity contribution in [3.63, 3.8) is 0 Å². The zero-order chi connectivity index (χ0) is 12.0. The van der Waals surface area contributed by atoms with E-state index in [9.17, 15) is 4.79 Å². The highest BCUT2D eigenvalue weighted by molar-refractivity contribution is 9.10. The Hall–Kier alpha value is -1.38. The molecule has 1 rings (SSSR count). The molecule has 1 N–H and O–H groups in total. The number of amides is 1. The first-order chi connectivity index (χ1) is 7.67. The SMILES string of the molecule is COCC(C#N)NC(=O)c1cccc(Br)c1. The van der Waals surface area contributed by atoms with Gasteiger partial charge in [0.05, 0.1) is 12.7 Å². The molecule has 0 bridgehead atoms. The van der Waals surface area contributed by atoms with Gasteiger partial charge in [-0.25, -0.2) is 0 Å². The highest BCUT2D eigenvalue weighted by Crippen LogP contribution is 2.11. The summed E-state index contributed by atoms with van der Waals surface area (Å²) < 4.78 is 5.63. The molecule has 1 aromatic rings. The molecule has 0 fully saturated rings. The number of hydrogen-bond donors (Lipinski definition) is 1. The number of methoxy groups -OCH3 is 1. The lowest BCUT2D eigenvalue weighted by Gasteiger charge is -2.10. The fraction of sp³-hybridized carbons (Fsp3) is 0.273. The van der Waals surface area contributed by atoms with Crippen molar-refractivity contribution in [2.24, 2.45) is 0 Å². The molecule has 0 radical (unpaired) electrons. The van der Waals surface area contributed by atoms with E-state index in [2.05, 4.69) is 21.2 Å². The molecule has 1 amide bonds. The summed E-state index contributed by atoms with van der Waals surface area (Å²) >= 11 is 3.27. The van der Waals surface area contributed by atoms with Crippen molar-refractivity contribution in [3.05, 3.63) is 34.3 Å². The van der Waals surface area contributed by atoms with Crippen molar-refractivity contribution in [3.8, 4) is 6.07 Å². The van der Waals surface area contributed by atoms with Crippen molar-refractivity contribution >= 4 is 21.8 Å². The predicted octanol–water partition coefficient (Wildman–Crippen LogP) is 1.72. The number of halogens is 1. The van der Waals surface area contributed by atoms with E-state index in [4.69, 9.17) is 10.00 Å². The lowest BCUT2D eigenvalue weighted by molar-refractivity contribution is 0.0918. The van der Waals surface area contributed by atoms with Crippen LogP contribution in [0, 0.1) is 11.3 Å². The van der Waals surface area contributed by atoms with Crippen LogP contribution in [0.2, 0.25) is 0 Å². The molecule has 0 heterocycles. The zero-order valence-electron chi connectivity index (χ0n) is 8.74. The summed E-state index contributed by atoms with van der Waals surface area (Å²) in [6.07, 6.45) is 0. The highest BCUT2D eigenvalue weighted by Gasteiger charge is 2.12. The molecule has 16 heavy (non-hydrogen) atoms. The summed E-state index contributed by atoms with van der Waals surface area (Å²) in [7, 11) is 1.48. The lowest BCUT2D eigenvalue weighted by atomic mass is 10.2. The first-order valence-electron chi connectivity index (χ1n) is 4.62. The number of nitriles is 1. The minimum absolute atomic E-state index is 0.177. The smallest absolute Gasteiger partial charge is 0.252 e. The Balaban J connectivity index is 2.69. The summed E-state index contributed by atoms with van der Waals surface area (Å²) in [6.45, 7) is 0.177. The van der Waals surface area contributed by atoms with Crippen LogP contribution in [0.5, 0.6) is 0 Å². The number of carbonyl (C=O) groups is 1. The average molecular weight is 283 g/mol. The minimum Gasteiger partial charge on any atom is -0.381 e. The Kier molecular flexibility index (Phi) is 4.96. The van der Waals surface area contributed by atoms with Crippen LogP contribution in [0.1, 0.15) is 10.4 Å². The van der Waals surface area contributed by atoms with Crippen molar-refractivity contribution < 1.29 is 9.53 Å². The van der Waals surface area contributed by atoms with Crippen LogP contribution in [0.25, 0.3) is 0 Å². The van der Waals surface area contributed by atoms with Crippen molar-refractivity contribution in [1.29, 1.82) is 5.26 Å². The van der Waals surface area contributed by atoms with Crippen LogP contribution < -0.4 is 5.32 Å². The first-order valence-corrected chi connectivity index (χ1v) is 5.41. The lowest BCUT2D eigenvalue weighted by Crippen LogP contribution is -2.36. The van der Waals surface area contributed by atoms with Gasteiger partial charge in [-0.05, 0) is 18.2 Å². The third-order valence-electron chi connectivity index (χ3n) is 1.88. The van der Waals surface area contributed by atoms with Gasteiger partial charge in [-0.15, -0.1) is 0 Å². The molecule has 0 aliphatic rings. The Morgan fingerprint density at radius 2 is 2.44 bits per heavy atom. The Bertz CT molecular complexity index is 415. The molecule has 84 valence electrons. The summed E-state index contributed by atoms with van der Waals surface area (Å²) in [5, 5.41) is 11.3. The zero-order valence-corrected chi connectivity index (χ0v) is 10.3. The van der Waals surface area contributed by atoms with E-state index in [0.29, 0.717) is 5.56 Å². The number of hydrogen-bond acceptors (Lipinski definition) is 3. The van der Waals surface area contributed by atoms with Gasteiger partial charge in [0.25, 0.3) is 5.91 Å². The number of carbonyl (C=O) groups excluding carboxylic acids is 1. The first kappa shape index (κ1) is 12.7. The maximum Gasteiger partial charge on any atom is 0.252 e. The van der Waals surface area contributed by atoms with Gasteiger partial charge < -0.3 is 10.1 Å². The predicted molar refractivity (Wildman–Crippen MR) is 62.9 cm³/mol. The van der Waals surface area contributed by atoms with Crippen molar-refractivity contribution in [1.82, 2.24) is 5.32 Å². The van der Waals surface area contributed by atoms with E-state index < -0.39 is 6.04 Å². The quantitative estimate of drug-likeness (QED) is 0.915. The summed E-state index contributed by atoms with van der Waals surface area (Å²) in [5.41, 5.74) is 0.505. The molecular formula is C11H11BrN2O2. The van der Waals surface area contributed by atoms with Crippen LogP contribution in [0.4, 0.5) is 0 Å². The van der Waals surface area contributed by atoms with Crippen molar-refractivity contribution in [2.45, 2.75) is 6.04 Å². The van der Waals surface area contributed by atoms with Crippen molar-refractivity contribution in [2.75, 3.05) is 13.7 Å². The molecule has 0 aliphatic heterocycles. The molecule has 1 unspecified atom stereocenters. The molecule has 0 spiro atoms. The normalized spacial score (nSPS) is 11.6. The van der Waals surface area contributed by atoms with Crippen LogP contribution in [-0.2, 0) is 4.74 Å². The topological polar surface area (TPSA) is 62.1 Å². The fourth-order valence-corrected chi connectivity index (χ4v) is 1.55. The minimum atomic E-state index is -0.628. The van der Waals surface area contributed by atoms with E-state index in [-0.39, 0.29) is 12.5 Å². The summed E-state index contributed by atoms with van der Waals surface area (Å²) in [5.74, 6) is -0.287. The van der Waals surface area contributed by atoms with Gasteiger partial charge in [-0.1, -0.05) is 22.0 Å². The number of nitrogens with one attached hydrogen (secondary N) is 1. The van der Waals surface area contributed by atoms with E-state index >= 15 is 0 Å². The number of benzene rings is 1. The van der Waals surface area contributed by atoms with Gasteiger partial charge in [-0.2, -0.15) is 5.26 Å². The second-order valence-electron chi connectivity index (χ2n) is 3.12. The molecule has 0 aromatic heterocycles. The second kappa shape index (κ2) is 6.26. The summed E-state index contributed by atoms with van der Waals surface area (Å²) in [6, 6.07) is 8.28. The largest absolute Gasteiger partial charge is 0.381 e. The van der Waals surface area contributed by atoms with E-state index in [1.54, 1.807) is 18.2 Å². The molecule has 0 saturated heterocycles. The van der Waals surface area contributed by atoms with Gasteiger partial charge in [0.15, 0.2) is 0 Å². The van der Waals surface area contributed by atoms with Crippen LogP contribution >= 0.6 is 15.9 Å². The monoisotopic (exact) mass is 282 g/mol. The summed E-state index contributed by atoms with van der Waals surface area (Å²) in [4.78, 5) is 11.7. The molecule has 1 aromatic carbocycles. The molecular weight excluding hydrogens is 272 g/mol. The molecule has 1 atom stereocenters. The van der Waals surface area contributed by atoms with Crippen LogP contribution in [0.15, 0.2) is 28.7 Å². The number of ether oxygens (including phenoxy) is 1. The molecule has 4 nitrogen and oxygen atoms in total. The van der Waals surface area contributed by atoms with Gasteiger partial charge in [0, 0.05) is 17.1 Å². The third kappa shape index (κ3) is 3.65. The fourth-order valence-electron chi connectivity index (χ4n) is 1.15. The van der Waals surface area contributed by atoms with Crippen LogP contribution in [0.3, 0.4) is 0 Å². The maximum atomic E-state index is 11.7. The van der Waals surface area contributed by atoms with E-state index in [0.717, 1.165) is 4.47 Å². The molecule has 0 saturated carbocycles. The van der Waals surface area contributed by atoms with Gasteiger partial charge >= 0.3 is 0 Å². The van der Waals surface area contributed by atoms with Gasteiger partial charge in [0.1, 0.15) is 6.04 Å². The molecule has 0 aliphatic carbocycles. The van der Waals surface area contributed by atoms with Gasteiger partial charge in [-0.3, -0.25) is 4.79 Å². The average Bonchev–Trinajstić information content (AvgIpc) is 2.28. The van der Waals surface area contributed by atoms with Gasteiger partial charge in [0.2, 0.25) is 0 Å². The number of nitrogens with zero attached hydrogens (tertiary/aromatic N) is 1. The van der Waals surface area contributed by atoms with E-state index in [1.165, 1.54) is 7.11 Å². The Morgan fingerprint density at radius 3 is 3.00 bits per heavy atom. The maximum absolute atomic E-state index is 11.7.